The molecule has 4 nitrogen and oxygen atoms in total. The SMILES string of the molecule is CC(C)(C)C(=O)Nc1ccccc1-c1ncc(-c2ccccn2)cc1F. The van der Waals surface area contributed by atoms with Crippen molar-refractivity contribution in [1.82, 2.24) is 9.97 Å². The average molecular weight is 349 g/mol. The van der Waals surface area contributed by atoms with Crippen LogP contribution in [0.15, 0.2) is 60.9 Å². The molecule has 1 N–H and O–H groups in total. The van der Waals surface area contributed by atoms with Crippen molar-refractivity contribution in [2.75, 3.05) is 5.32 Å². The van der Waals surface area contributed by atoms with Gasteiger partial charge in [0.15, 0.2) is 0 Å². The van der Waals surface area contributed by atoms with E-state index in [9.17, 15) is 9.18 Å². The van der Waals surface area contributed by atoms with Gasteiger partial charge in [-0.1, -0.05) is 45.0 Å². The highest BCUT2D eigenvalue weighted by Crippen LogP contribution is 2.31. The maximum atomic E-state index is 14.8. The molecule has 3 rings (SSSR count). The van der Waals surface area contributed by atoms with E-state index in [0.717, 1.165) is 0 Å². The van der Waals surface area contributed by atoms with Crippen LogP contribution in [-0.2, 0) is 4.79 Å². The van der Waals surface area contributed by atoms with Crippen molar-refractivity contribution in [2.24, 2.45) is 5.41 Å². The van der Waals surface area contributed by atoms with Crippen molar-refractivity contribution in [1.29, 1.82) is 0 Å². The Morgan fingerprint density at radius 1 is 1.04 bits per heavy atom. The van der Waals surface area contributed by atoms with Gasteiger partial charge in [0.25, 0.3) is 0 Å². The van der Waals surface area contributed by atoms with E-state index in [1.54, 1.807) is 48.8 Å². The first-order chi connectivity index (χ1) is 12.4. The molecule has 3 aromatic rings. The molecule has 0 spiro atoms. The zero-order valence-electron chi connectivity index (χ0n) is 15.0. The van der Waals surface area contributed by atoms with Crippen LogP contribution in [0.25, 0.3) is 22.5 Å². The third-order valence-electron chi connectivity index (χ3n) is 3.91. The zero-order valence-corrected chi connectivity index (χ0v) is 15.0. The molecule has 0 unspecified atom stereocenters. The number of halogens is 1. The van der Waals surface area contributed by atoms with E-state index in [0.29, 0.717) is 22.5 Å². The fourth-order valence-corrected chi connectivity index (χ4v) is 2.42. The van der Waals surface area contributed by atoms with Gasteiger partial charge in [0, 0.05) is 28.9 Å². The molecule has 0 saturated carbocycles. The summed E-state index contributed by atoms with van der Waals surface area (Å²) in [6, 6.07) is 13.9. The van der Waals surface area contributed by atoms with E-state index >= 15 is 0 Å². The second kappa shape index (κ2) is 7.04. The van der Waals surface area contributed by atoms with Crippen molar-refractivity contribution in [2.45, 2.75) is 20.8 Å². The van der Waals surface area contributed by atoms with E-state index < -0.39 is 11.2 Å². The number of pyridine rings is 2. The molecule has 5 heteroatoms. The summed E-state index contributed by atoms with van der Waals surface area (Å²) in [7, 11) is 0. The van der Waals surface area contributed by atoms with Gasteiger partial charge in [0.05, 0.1) is 11.4 Å². The molecule has 2 aromatic heterocycles. The summed E-state index contributed by atoms with van der Waals surface area (Å²) in [5, 5.41) is 2.86. The Kier molecular flexibility index (Phi) is 4.80. The highest BCUT2D eigenvalue weighted by molar-refractivity contribution is 5.98. The molecular formula is C21H20FN3O. The van der Waals surface area contributed by atoms with Gasteiger partial charge in [-0.2, -0.15) is 0 Å². The first-order valence-electron chi connectivity index (χ1n) is 8.34. The van der Waals surface area contributed by atoms with E-state index in [1.165, 1.54) is 6.07 Å². The number of nitrogens with one attached hydrogen (secondary N) is 1. The predicted molar refractivity (Wildman–Crippen MR) is 101 cm³/mol. The van der Waals surface area contributed by atoms with Crippen molar-refractivity contribution in [3.05, 3.63) is 66.7 Å². The first-order valence-corrected chi connectivity index (χ1v) is 8.34. The molecule has 0 aliphatic rings. The summed E-state index contributed by atoms with van der Waals surface area (Å²) >= 11 is 0. The minimum atomic E-state index is -0.554. The van der Waals surface area contributed by atoms with Crippen LogP contribution in [0.4, 0.5) is 10.1 Å². The molecule has 0 aliphatic carbocycles. The van der Waals surface area contributed by atoms with Crippen molar-refractivity contribution in [3.8, 4) is 22.5 Å². The van der Waals surface area contributed by atoms with Crippen LogP contribution in [0.2, 0.25) is 0 Å². The maximum absolute atomic E-state index is 14.8. The van der Waals surface area contributed by atoms with Gasteiger partial charge in [-0.3, -0.25) is 14.8 Å². The highest BCUT2D eigenvalue weighted by Gasteiger charge is 2.23. The average Bonchev–Trinajstić information content (AvgIpc) is 2.62. The molecule has 2 heterocycles. The largest absolute Gasteiger partial charge is 0.325 e. The van der Waals surface area contributed by atoms with Crippen LogP contribution in [-0.4, -0.2) is 15.9 Å². The highest BCUT2D eigenvalue weighted by atomic mass is 19.1. The van der Waals surface area contributed by atoms with Crippen LogP contribution in [0.1, 0.15) is 20.8 Å². The van der Waals surface area contributed by atoms with E-state index in [2.05, 4.69) is 15.3 Å². The van der Waals surface area contributed by atoms with Gasteiger partial charge < -0.3 is 5.32 Å². The topological polar surface area (TPSA) is 54.9 Å². The standard InChI is InChI=1S/C21H20FN3O/c1-21(2,3)20(26)25-18-10-5-4-8-15(18)19-16(22)12-14(13-24-19)17-9-6-7-11-23-17/h4-13H,1-3H3,(H,25,26). The molecular weight excluding hydrogens is 329 g/mol. The first kappa shape index (κ1) is 17.7. The number of amides is 1. The Morgan fingerprint density at radius 2 is 1.77 bits per heavy atom. The minimum absolute atomic E-state index is 0.143. The van der Waals surface area contributed by atoms with Crippen LogP contribution >= 0.6 is 0 Å². The summed E-state index contributed by atoms with van der Waals surface area (Å²) in [5.74, 6) is -0.610. The molecule has 0 saturated heterocycles. The van der Waals surface area contributed by atoms with Crippen molar-refractivity contribution >= 4 is 11.6 Å². The van der Waals surface area contributed by atoms with Crippen molar-refractivity contribution < 1.29 is 9.18 Å². The van der Waals surface area contributed by atoms with E-state index in [-0.39, 0.29) is 11.6 Å². The number of hydrogen-bond donors (Lipinski definition) is 1. The van der Waals surface area contributed by atoms with Gasteiger partial charge in [0.2, 0.25) is 5.91 Å². The predicted octanol–water partition coefficient (Wildman–Crippen LogP) is 4.93. The number of hydrogen-bond acceptors (Lipinski definition) is 3. The summed E-state index contributed by atoms with van der Waals surface area (Å²) in [5.41, 5.74) is 1.96. The molecule has 0 atom stereocenters. The Morgan fingerprint density at radius 3 is 2.42 bits per heavy atom. The quantitative estimate of drug-likeness (QED) is 0.729. The third kappa shape index (κ3) is 3.77. The molecule has 132 valence electrons. The summed E-state index contributed by atoms with van der Waals surface area (Å²) in [6.45, 7) is 5.47. The number of nitrogens with zero attached hydrogens (tertiary/aromatic N) is 2. The summed E-state index contributed by atoms with van der Waals surface area (Å²) in [4.78, 5) is 20.8. The van der Waals surface area contributed by atoms with Gasteiger partial charge in [0.1, 0.15) is 11.5 Å². The number of benzene rings is 1. The van der Waals surface area contributed by atoms with Crippen LogP contribution in [0.3, 0.4) is 0 Å². The number of carbonyl (C=O) groups excluding carboxylic acids is 1. The van der Waals surface area contributed by atoms with E-state index in [4.69, 9.17) is 0 Å². The normalized spacial score (nSPS) is 11.2. The molecule has 26 heavy (non-hydrogen) atoms. The van der Waals surface area contributed by atoms with Gasteiger partial charge in [-0.15, -0.1) is 0 Å². The fraction of sp³-hybridized carbons (Fsp3) is 0.190. The van der Waals surface area contributed by atoms with Crippen LogP contribution < -0.4 is 5.32 Å². The Hall–Kier alpha value is -3.08. The lowest BCUT2D eigenvalue weighted by atomic mass is 9.95. The second-order valence-corrected chi connectivity index (χ2v) is 7.02. The van der Waals surface area contributed by atoms with Gasteiger partial charge in [-0.25, -0.2) is 4.39 Å². The Balaban J connectivity index is 1.99. The summed E-state index contributed by atoms with van der Waals surface area (Å²) < 4.78 is 14.8. The lowest BCUT2D eigenvalue weighted by Gasteiger charge is -2.19. The molecule has 0 fully saturated rings. The molecule has 1 amide bonds. The minimum Gasteiger partial charge on any atom is -0.325 e. The molecule has 0 bridgehead atoms. The Bertz CT molecular complexity index is 933. The number of aromatic nitrogens is 2. The number of para-hydroxylation sites is 1. The number of carbonyl (C=O) groups is 1. The summed E-state index contributed by atoms with van der Waals surface area (Å²) in [6.07, 6.45) is 3.24. The van der Waals surface area contributed by atoms with Gasteiger partial charge in [-0.05, 0) is 24.3 Å². The lowest BCUT2D eigenvalue weighted by Crippen LogP contribution is -2.27. The molecule has 0 radical (unpaired) electrons. The fourth-order valence-electron chi connectivity index (χ4n) is 2.42. The number of anilines is 1. The molecule has 1 aromatic carbocycles. The molecule has 0 aliphatic heterocycles. The van der Waals surface area contributed by atoms with Crippen LogP contribution in [0.5, 0.6) is 0 Å². The zero-order chi connectivity index (χ0) is 18.7. The van der Waals surface area contributed by atoms with Crippen molar-refractivity contribution in [3.63, 3.8) is 0 Å². The number of rotatable bonds is 3. The third-order valence-corrected chi connectivity index (χ3v) is 3.91. The van der Waals surface area contributed by atoms with Gasteiger partial charge >= 0.3 is 0 Å². The lowest BCUT2D eigenvalue weighted by molar-refractivity contribution is -0.123. The smallest absolute Gasteiger partial charge is 0.229 e. The second-order valence-electron chi connectivity index (χ2n) is 7.02. The maximum Gasteiger partial charge on any atom is 0.229 e. The Labute approximate surface area is 152 Å². The van der Waals surface area contributed by atoms with E-state index in [1.807, 2.05) is 26.8 Å². The van der Waals surface area contributed by atoms with Crippen LogP contribution in [0, 0.1) is 11.2 Å². The monoisotopic (exact) mass is 349 g/mol.